The number of carbonyl (C=O) groups is 1. The average molecular weight is 237 g/mol. The molecule has 1 aromatic rings. The summed E-state index contributed by atoms with van der Waals surface area (Å²) in [7, 11) is 0. The van der Waals surface area contributed by atoms with E-state index in [-0.39, 0.29) is 0 Å². The molecule has 3 heteroatoms. The second-order valence-corrected chi connectivity index (χ2v) is 5.83. The highest BCUT2D eigenvalue weighted by atomic mass is 32.1. The molecule has 0 spiro atoms. The highest BCUT2D eigenvalue weighted by Gasteiger charge is 2.30. The number of hydrogen-bond acceptors (Lipinski definition) is 2. The third-order valence-corrected chi connectivity index (χ3v) is 4.17. The first kappa shape index (κ1) is 11.6. The first-order valence-corrected chi connectivity index (χ1v) is 6.88. The topological polar surface area (TPSA) is 20.3 Å². The van der Waals surface area contributed by atoms with E-state index in [4.69, 9.17) is 0 Å². The normalized spacial score (nSPS) is 20.7. The van der Waals surface area contributed by atoms with Gasteiger partial charge in [0, 0.05) is 17.5 Å². The molecule has 0 bridgehead atoms. The Kier molecular flexibility index (Phi) is 3.64. The van der Waals surface area contributed by atoms with Gasteiger partial charge in [0.25, 0.3) is 0 Å². The number of nitrogens with zero attached hydrogens (tertiary/aromatic N) is 1. The third-order valence-electron chi connectivity index (χ3n) is 3.29. The van der Waals surface area contributed by atoms with Gasteiger partial charge < -0.3 is 4.90 Å². The molecule has 2 nitrogen and oxygen atoms in total. The number of likely N-dealkylation sites (tertiary alicyclic amines) is 1. The van der Waals surface area contributed by atoms with Gasteiger partial charge in [0.05, 0.1) is 6.42 Å². The molecule has 1 aliphatic heterocycles. The van der Waals surface area contributed by atoms with Gasteiger partial charge in [-0.05, 0) is 30.2 Å². The first-order valence-electron chi connectivity index (χ1n) is 6.00. The maximum atomic E-state index is 12.2. The van der Waals surface area contributed by atoms with Crippen molar-refractivity contribution in [3.05, 3.63) is 22.4 Å². The quantitative estimate of drug-likeness (QED) is 0.791. The van der Waals surface area contributed by atoms with Crippen LogP contribution in [0, 0.1) is 5.92 Å². The van der Waals surface area contributed by atoms with Crippen molar-refractivity contribution < 1.29 is 4.79 Å². The van der Waals surface area contributed by atoms with Crippen molar-refractivity contribution in [1.29, 1.82) is 0 Å². The van der Waals surface area contributed by atoms with Crippen molar-refractivity contribution in [2.24, 2.45) is 5.92 Å². The maximum absolute atomic E-state index is 12.2. The van der Waals surface area contributed by atoms with E-state index in [2.05, 4.69) is 18.7 Å². The van der Waals surface area contributed by atoms with Crippen LogP contribution in [0.4, 0.5) is 0 Å². The van der Waals surface area contributed by atoms with Gasteiger partial charge in [-0.2, -0.15) is 0 Å². The number of amides is 1. The molecule has 88 valence electrons. The minimum atomic E-state index is 0.304. The highest BCUT2D eigenvalue weighted by Crippen LogP contribution is 2.24. The number of hydrogen-bond donors (Lipinski definition) is 0. The zero-order chi connectivity index (χ0) is 11.5. The van der Waals surface area contributed by atoms with Gasteiger partial charge >= 0.3 is 0 Å². The van der Waals surface area contributed by atoms with Crippen LogP contribution in [0.2, 0.25) is 0 Å². The Labute approximate surface area is 101 Å². The minimum absolute atomic E-state index is 0.304. The summed E-state index contributed by atoms with van der Waals surface area (Å²) in [6, 6.07) is 4.52. The number of rotatable bonds is 3. The van der Waals surface area contributed by atoms with Gasteiger partial charge in [-0.15, -0.1) is 11.3 Å². The summed E-state index contributed by atoms with van der Waals surface area (Å²) < 4.78 is 0. The molecule has 1 atom stereocenters. The lowest BCUT2D eigenvalue weighted by molar-refractivity contribution is -0.131. The molecule has 16 heavy (non-hydrogen) atoms. The number of carbonyl (C=O) groups excluding carboxylic acids is 1. The second-order valence-electron chi connectivity index (χ2n) is 4.80. The molecular weight excluding hydrogens is 218 g/mol. The Morgan fingerprint density at radius 3 is 3.06 bits per heavy atom. The second kappa shape index (κ2) is 5.00. The lowest BCUT2D eigenvalue weighted by Gasteiger charge is -2.27. The van der Waals surface area contributed by atoms with Gasteiger partial charge in [0.2, 0.25) is 5.91 Å². The van der Waals surface area contributed by atoms with Gasteiger partial charge in [0.15, 0.2) is 0 Å². The SMILES string of the molecule is CC(C)C1CCCN1C(=O)Cc1cccs1. The number of thiophene rings is 1. The molecule has 0 saturated carbocycles. The standard InChI is InChI=1S/C13H19NOS/c1-10(2)12-6-3-7-14(12)13(15)9-11-5-4-8-16-11/h4-5,8,10,12H,3,6-7,9H2,1-2H3. The molecule has 1 aliphatic rings. The first-order chi connectivity index (χ1) is 7.68. The van der Waals surface area contributed by atoms with Crippen molar-refractivity contribution >= 4 is 17.2 Å². The Morgan fingerprint density at radius 2 is 2.44 bits per heavy atom. The largest absolute Gasteiger partial charge is 0.339 e. The van der Waals surface area contributed by atoms with E-state index in [1.54, 1.807) is 11.3 Å². The molecule has 1 unspecified atom stereocenters. The average Bonchev–Trinajstić information content (AvgIpc) is 2.86. The van der Waals surface area contributed by atoms with Crippen molar-refractivity contribution in [2.45, 2.75) is 39.2 Å². The van der Waals surface area contributed by atoms with E-state index >= 15 is 0 Å². The molecule has 1 fully saturated rings. The fourth-order valence-electron chi connectivity index (χ4n) is 2.46. The van der Waals surface area contributed by atoms with E-state index in [0.717, 1.165) is 6.54 Å². The van der Waals surface area contributed by atoms with Gasteiger partial charge in [-0.1, -0.05) is 19.9 Å². The minimum Gasteiger partial charge on any atom is -0.339 e. The van der Waals surface area contributed by atoms with Crippen LogP contribution in [0.5, 0.6) is 0 Å². The van der Waals surface area contributed by atoms with Crippen molar-refractivity contribution in [3.8, 4) is 0 Å². The van der Waals surface area contributed by atoms with Crippen LogP contribution >= 0.6 is 11.3 Å². The van der Waals surface area contributed by atoms with Crippen molar-refractivity contribution in [1.82, 2.24) is 4.90 Å². The van der Waals surface area contributed by atoms with Crippen LogP contribution < -0.4 is 0 Å². The van der Waals surface area contributed by atoms with Gasteiger partial charge in [-0.3, -0.25) is 4.79 Å². The summed E-state index contributed by atoms with van der Waals surface area (Å²) >= 11 is 1.67. The zero-order valence-electron chi connectivity index (χ0n) is 9.98. The molecule has 1 saturated heterocycles. The monoisotopic (exact) mass is 237 g/mol. The Balaban J connectivity index is 1.99. The summed E-state index contributed by atoms with van der Waals surface area (Å²) in [5.74, 6) is 0.883. The summed E-state index contributed by atoms with van der Waals surface area (Å²) in [5.41, 5.74) is 0. The smallest absolute Gasteiger partial charge is 0.228 e. The van der Waals surface area contributed by atoms with Crippen LogP contribution in [-0.4, -0.2) is 23.4 Å². The zero-order valence-corrected chi connectivity index (χ0v) is 10.8. The lowest BCUT2D eigenvalue weighted by Crippen LogP contribution is -2.39. The van der Waals surface area contributed by atoms with E-state index in [0.29, 0.717) is 24.3 Å². The maximum Gasteiger partial charge on any atom is 0.228 e. The summed E-state index contributed by atoms with van der Waals surface area (Å²) in [4.78, 5) is 15.4. The lowest BCUT2D eigenvalue weighted by atomic mass is 10.0. The molecule has 0 N–H and O–H groups in total. The van der Waals surface area contributed by atoms with Crippen LogP contribution in [-0.2, 0) is 11.2 Å². The molecule has 2 rings (SSSR count). The van der Waals surface area contributed by atoms with Gasteiger partial charge in [-0.25, -0.2) is 0 Å². The molecular formula is C13H19NOS. The molecule has 1 amide bonds. The predicted octanol–water partition coefficient (Wildman–Crippen LogP) is 2.94. The Bertz CT molecular complexity index is 345. The van der Waals surface area contributed by atoms with E-state index in [1.165, 1.54) is 17.7 Å². The van der Waals surface area contributed by atoms with Crippen LogP contribution in [0.3, 0.4) is 0 Å². The fraction of sp³-hybridized carbons (Fsp3) is 0.615. The van der Waals surface area contributed by atoms with Gasteiger partial charge in [0.1, 0.15) is 0 Å². The summed E-state index contributed by atoms with van der Waals surface area (Å²) in [6.45, 7) is 5.37. The van der Waals surface area contributed by atoms with Crippen molar-refractivity contribution in [2.75, 3.05) is 6.54 Å². The van der Waals surface area contributed by atoms with E-state index in [9.17, 15) is 4.79 Å². The molecule has 0 radical (unpaired) electrons. The molecule has 2 heterocycles. The van der Waals surface area contributed by atoms with E-state index < -0.39 is 0 Å². The summed E-state index contributed by atoms with van der Waals surface area (Å²) in [6.07, 6.45) is 2.92. The molecule has 0 aliphatic carbocycles. The van der Waals surface area contributed by atoms with Crippen molar-refractivity contribution in [3.63, 3.8) is 0 Å². The molecule has 0 aromatic carbocycles. The molecule has 1 aromatic heterocycles. The summed E-state index contributed by atoms with van der Waals surface area (Å²) in [5, 5.41) is 2.03. The van der Waals surface area contributed by atoms with E-state index in [1.807, 2.05) is 17.5 Å². The highest BCUT2D eigenvalue weighted by molar-refractivity contribution is 7.10. The fourth-order valence-corrected chi connectivity index (χ4v) is 3.15. The Hall–Kier alpha value is -0.830. The third kappa shape index (κ3) is 2.46. The Morgan fingerprint density at radius 1 is 1.62 bits per heavy atom. The predicted molar refractivity (Wildman–Crippen MR) is 67.6 cm³/mol. The van der Waals surface area contributed by atoms with Crippen LogP contribution in [0.1, 0.15) is 31.6 Å². The van der Waals surface area contributed by atoms with Crippen LogP contribution in [0.25, 0.3) is 0 Å². The van der Waals surface area contributed by atoms with Crippen LogP contribution in [0.15, 0.2) is 17.5 Å².